The summed E-state index contributed by atoms with van der Waals surface area (Å²) in [6, 6.07) is 5.53. The highest BCUT2D eigenvalue weighted by molar-refractivity contribution is 7.12. The summed E-state index contributed by atoms with van der Waals surface area (Å²) >= 11 is 1.43. The quantitative estimate of drug-likeness (QED) is 0.728. The summed E-state index contributed by atoms with van der Waals surface area (Å²) in [6.45, 7) is 3.10. The normalized spacial score (nSPS) is 10.2. The Balaban J connectivity index is 1.76. The smallest absolute Gasteiger partial charge is 0.261 e. The molecule has 100 valence electrons. The van der Waals surface area contributed by atoms with Gasteiger partial charge in [-0.15, -0.1) is 11.3 Å². The van der Waals surface area contributed by atoms with Crippen LogP contribution in [0.15, 0.2) is 29.8 Å². The van der Waals surface area contributed by atoms with Gasteiger partial charge in [-0.05, 0) is 30.0 Å². The topological polar surface area (TPSA) is 80.0 Å². The molecular formula is C13H16N4OS. The lowest BCUT2D eigenvalue weighted by molar-refractivity contribution is 0.0959. The van der Waals surface area contributed by atoms with Crippen molar-refractivity contribution in [1.82, 2.24) is 10.3 Å². The minimum atomic E-state index is -0.0428. The number of nitrogen functional groups attached to an aromatic ring is 1. The molecule has 1 amide bonds. The number of anilines is 2. The van der Waals surface area contributed by atoms with Crippen molar-refractivity contribution in [3.8, 4) is 0 Å². The van der Waals surface area contributed by atoms with Crippen LogP contribution in [0.4, 0.5) is 11.5 Å². The van der Waals surface area contributed by atoms with Gasteiger partial charge in [0.25, 0.3) is 5.91 Å². The average Bonchev–Trinajstić information content (AvgIpc) is 2.90. The first-order valence-electron chi connectivity index (χ1n) is 5.94. The van der Waals surface area contributed by atoms with Gasteiger partial charge in [0.05, 0.1) is 16.8 Å². The third-order valence-corrected chi connectivity index (χ3v) is 3.42. The summed E-state index contributed by atoms with van der Waals surface area (Å²) in [5.74, 6) is 0.748. The fourth-order valence-corrected chi connectivity index (χ4v) is 2.27. The number of rotatable bonds is 5. The van der Waals surface area contributed by atoms with Gasteiger partial charge in [-0.2, -0.15) is 0 Å². The van der Waals surface area contributed by atoms with Crippen molar-refractivity contribution >= 4 is 28.7 Å². The molecule has 6 heteroatoms. The maximum atomic E-state index is 11.7. The van der Waals surface area contributed by atoms with E-state index in [1.807, 2.05) is 24.4 Å². The molecular weight excluding hydrogens is 260 g/mol. The number of carbonyl (C=O) groups excluding carboxylic acids is 1. The number of nitrogens with zero attached hydrogens (tertiary/aromatic N) is 1. The van der Waals surface area contributed by atoms with Crippen LogP contribution in [0.5, 0.6) is 0 Å². The van der Waals surface area contributed by atoms with E-state index in [4.69, 9.17) is 5.73 Å². The summed E-state index contributed by atoms with van der Waals surface area (Å²) in [4.78, 5) is 16.6. The van der Waals surface area contributed by atoms with E-state index in [9.17, 15) is 4.79 Å². The molecule has 5 nitrogen and oxygen atoms in total. The van der Waals surface area contributed by atoms with Crippen LogP contribution in [0, 0.1) is 6.92 Å². The Morgan fingerprint density at radius 1 is 1.47 bits per heavy atom. The minimum Gasteiger partial charge on any atom is -0.397 e. The van der Waals surface area contributed by atoms with Crippen molar-refractivity contribution < 1.29 is 4.79 Å². The lowest BCUT2D eigenvalue weighted by Crippen LogP contribution is -2.28. The van der Waals surface area contributed by atoms with E-state index in [2.05, 4.69) is 15.6 Å². The van der Waals surface area contributed by atoms with Crippen molar-refractivity contribution in [2.75, 3.05) is 24.1 Å². The van der Waals surface area contributed by atoms with Crippen LogP contribution in [-0.2, 0) is 0 Å². The molecule has 0 atom stereocenters. The fraction of sp³-hybridized carbons (Fsp3) is 0.231. The van der Waals surface area contributed by atoms with Gasteiger partial charge in [-0.25, -0.2) is 4.98 Å². The number of pyridine rings is 1. The number of aryl methyl sites for hydroxylation is 1. The Kier molecular flexibility index (Phi) is 4.35. The maximum Gasteiger partial charge on any atom is 0.261 e. The second-order valence-corrected chi connectivity index (χ2v) is 5.04. The molecule has 0 aliphatic heterocycles. The third kappa shape index (κ3) is 3.69. The zero-order valence-electron chi connectivity index (χ0n) is 10.6. The molecule has 2 aromatic rings. The number of nitrogens with one attached hydrogen (secondary N) is 2. The first-order chi connectivity index (χ1) is 9.16. The lowest BCUT2D eigenvalue weighted by atomic mass is 10.2. The molecule has 0 fully saturated rings. The van der Waals surface area contributed by atoms with Gasteiger partial charge < -0.3 is 16.4 Å². The Morgan fingerprint density at radius 2 is 2.32 bits per heavy atom. The number of thiophene rings is 1. The van der Waals surface area contributed by atoms with E-state index in [1.54, 1.807) is 12.3 Å². The molecule has 2 rings (SSSR count). The fourth-order valence-electron chi connectivity index (χ4n) is 1.63. The molecule has 2 heterocycles. The number of carbonyl (C=O) groups is 1. The van der Waals surface area contributed by atoms with Gasteiger partial charge in [0.15, 0.2) is 0 Å². The molecule has 0 radical (unpaired) electrons. The van der Waals surface area contributed by atoms with Crippen LogP contribution >= 0.6 is 11.3 Å². The van der Waals surface area contributed by atoms with Crippen LogP contribution in [0.3, 0.4) is 0 Å². The summed E-state index contributed by atoms with van der Waals surface area (Å²) in [5.41, 5.74) is 7.27. The molecule has 0 aromatic carbocycles. The number of amides is 1. The Bertz CT molecular complexity index is 554. The number of aromatic nitrogens is 1. The van der Waals surface area contributed by atoms with E-state index in [1.165, 1.54) is 11.3 Å². The van der Waals surface area contributed by atoms with Gasteiger partial charge >= 0.3 is 0 Å². The summed E-state index contributed by atoms with van der Waals surface area (Å²) in [6.07, 6.45) is 1.61. The van der Waals surface area contributed by atoms with Crippen molar-refractivity contribution in [3.63, 3.8) is 0 Å². The van der Waals surface area contributed by atoms with Crippen molar-refractivity contribution in [2.45, 2.75) is 6.92 Å². The molecule has 0 bridgehead atoms. The molecule has 0 unspecified atom stereocenters. The molecule has 19 heavy (non-hydrogen) atoms. The van der Waals surface area contributed by atoms with Gasteiger partial charge in [0.2, 0.25) is 0 Å². The summed E-state index contributed by atoms with van der Waals surface area (Å²) < 4.78 is 0. The van der Waals surface area contributed by atoms with Crippen LogP contribution in [0.2, 0.25) is 0 Å². The van der Waals surface area contributed by atoms with Crippen LogP contribution in [0.1, 0.15) is 15.2 Å². The van der Waals surface area contributed by atoms with Crippen molar-refractivity contribution in [3.05, 3.63) is 40.2 Å². The van der Waals surface area contributed by atoms with Crippen LogP contribution < -0.4 is 16.4 Å². The van der Waals surface area contributed by atoms with Gasteiger partial charge in [0, 0.05) is 13.1 Å². The second kappa shape index (κ2) is 6.19. The molecule has 0 saturated heterocycles. The van der Waals surface area contributed by atoms with Crippen LogP contribution in [-0.4, -0.2) is 24.0 Å². The molecule has 0 aliphatic carbocycles. The van der Waals surface area contributed by atoms with E-state index in [-0.39, 0.29) is 5.91 Å². The van der Waals surface area contributed by atoms with Crippen molar-refractivity contribution in [2.24, 2.45) is 0 Å². The largest absolute Gasteiger partial charge is 0.397 e. The zero-order valence-corrected chi connectivity index (χ0v) is 11.5. The predicted molar refractivity (Wildman–Crippen MR) is 78.5 cm³/mol. The van der Waals surface area contributed by atoms with Gasteiger partial charge in [-0.3, -0.25) is 4.79 Å². The first-order valence-corrected chi connectivity index (χ1v) is 6.82. The number of nitrogens with two attached hydrogens (primary N) is 1. The van der Waals surface area contributed by atoms with E-state index in [0.29, 0.717) is 18.8 Å². The lowest BCUT2D eigenvalue weighted by Gasteiger charge is -2.09. The van der Waals surface area contributed by atoms with Crippen LogP contribution in [0.25, 0.3) is 0 Å². The maximum absolute atomic E-state index is 11.7. The molecule has 2 aromatic heterocycles. The van der Waals surface area contributed by atoms with Gasteiger partial charge in [-0.1, -0.05) is 6.07 Å². The average molecular weight is 276 g/mol. The third-order valence-electron chi connectivity index (χ3n) is 2.55. The molecule has 4 N–H and O–H groups in total. The van der Waals surface area contributed by atoms with E-state index >= 15 is 0 Å². The Hall–Kier alpha value is -2.08. The number of hydrogen-bond acceptors (Lipinski definition) is 5. The molecule has 0 aliphatic rings. The molecule has 0 saturated carbocycles. The monoisotopic (exact) mass is 276 g/mol. The highest BCUT2D eigenvalue weighted by Gasteiger charge is 2.05. The highest BCUT2D eigenvalue weighted by Crippen LogP contribution is 2.13. The van der Waals surface area contributed by atoms with Gasteiger partial charge in [0.1, 0.15) is 5.82 Å². The van der Waals surface area contributed by atoms with Crippen molar-refractivity contribution in [1.29, 1.82) is 0 Å². The first kappa shape index (κ1) is 13.4. The van der Waals surface area contributed by atoms with E-state index < -0.39 is 0 Å². The summed E-state index contributed by atoms with van der Waals surface area (Å²) in [5, 5.41) is 7.89. The summed E-state index contributed by atoms with van der Waals surface area (Å²) in [7, 11) is 0. The standard InChI is InChI=1S/C13H16N4OS/c1-9-7-10(14)8-17-12(9)15-4-5-16-13(18)11-3-2-6-19-11/h2-3,6-8H,4-5,14H2,1H3,(H,15,17)(H,16,18). The highest BCUT2D eigenvalue weighted by atomic mass is 32.1. The number of hydrogen-bond donors (Lipinski definition) is 3. The Morgan fingerprint density at radius 3 is 3.00 bits per heavy atom. The molecule has 0 spiro atoms. The second-order valence-electron chi connectivity index (χ2n) is 4.09. The SMILES string of the molecule is Cc1cc(N)cnc1NCCNC(=O)c1cccs1. The Labute approximate surface area is 115 Å². The predicted octanol–water partition coefficient (Wildman–Crippen LogP) is 1.88. The minimum absolute atomic E-state index is 0.0428. The zero-order chi connectivity index (χ0) is 13.7. The van der Waals surface area contributed by atoms with E-state index in [0.717, 1.165) is 16.3 Å².